The van der Waals surface area contributed by atoms with Crippen LogP contribution in [0.2, 0.25) is 0 Å². The SMILES string of the molecule is CCOC(=O)[C@@H](CCc1ccccc1)NC(=O)[C@H](COCc1ccccc1)NC(=O)C(C)(C)N. The van der Waals surface area contributed by atoms with E-state index < -0.39 is 35.4 Å². The number of carbonyl (C=O) groups is 3. The summed E-state index contributed by atoms with van der Waals surface area (Å²) in [4.78, 5) is 38.1. The first-order valence-electron chi connectivity index (χ1n) is 11.4. The zero-order valence-corrected chi connectivity index (χ0v) is 20.1. The molecule has 0 unspecified atom stereocenters. The molecule has 0 aromatic heterocycles. The van der Waals surface area contributed by atoms with Gasteiger partial charge in [0.15, 0.2) is 0 Å². The van der Waals surface area contributed by atoms with Crippen LogP contribution in [0, 0.1) is 0 Å². The topological polar surface area (TPSA) is 120 Å². The maximum Gasteiger partial charge on any atom is 0.328 e. The van der Waals surface area contributed by atoms with Gasteiger partial charge in [-0.3, -0.25) is 9.59 Å². The molecule has 2 atom stereocenters. The minimum absolute atomic E-state index is 0.0865. The van der Waals surface area contributed by atoms with Gasteiger partial charge in [0, 0.05) is 0 Å². The number of hydrogen-bond donors (Lipinski definition) is 3. The first kappa shape index (κ1) is 27.0. The lowest BCUT2D eigenvalue weighted by molar-refractivity contribution is -0.148. The number of amides is 2. The predicted molar refractivity (Wildman–Crippen MR) is 130 cm³/mol. The molecule has 2 aromatic rings. The van der Waals surface area contributed by atoms with Crippen LogP contribution in [0.3, 0.4) is 0 Å². The summed E-state index contributed by atoms with van der Waals surface area (Å²) < 4.78 is 10.9. The maximum atomic E-state index is 13.1. The van der Waals surface area contributed by atoms with Crippen LogP contribution < -0.4 is 16.4 Å². The number of carbonyl (C=O) groups excluding carboxylic acids is 3. The zero-order chi connectivity index (χ0) is 25.0. The molecule has 0 spiro atoms. The van der Waals surface area contributed by atoms with E-state index >= 15 is 0 Å². The van der Waals surface area contributed by atoms with Crippen LogP contribution in [-0.4, -0.2) is 48.6 Å². The summed E-state index contributed by atoms with van der Waals surface area (Å²) in [5.74, 6) is -1.58. The third kappa shape index (κ3) is 9.33. The summed E-state index contributed by atoms with van der Waals surface area (Å²) in [6.45, 7) is 5.17. The molecule has 0 radical (unpaired) electrons. The Hall–Kier alpha value is -3.23. The van der Waals surface area contributed by atoms with Gasteiger partial charge in [0.2, 0.25) is 11.8 Å². The molecule has 0 aliphatic carbocycles. The third-order valence-electron chi connectivity index (χ3n) is 5.06. The van der Waals surface area contributed by atoms with Crippen molar-refractivity contribution in [1.82, 2.24) is 10.6 Å². The van der Waals surface area contributed by atoms with E-state index in [1.54, 1.807) is 20.8 Å². The summed E-state index contributed by atoms with van der Waals surface area (Å²) in [5, 5.41) is 5.37. The Morgan fingerprint density at radius 2 is 1.50 bits per heavy atom. The van der Waals surface area contributed by atoms with Crippen molar-refractivity contribution < 1.29 is 23.9 Å². The van der Waals surface area contributed by atoms with Crippen molar-refractivity contribution in [3.63, 3.8) is 0 Å². The first-order valence-corrected chi connectivity index (χ1v) is 11.4. The van der Waals surface area contributed by atoms with Crippen molar-refractivity contribution in [1.29, 1.82) is 0 Å². The highest BCUT2D eigenvalue weighted by molar-refractivity contribution is 5.93. The predicted octanol–water partition coefficient (Wildman–Crippen LogP) is 2.11. The van der Waals surface area contributed by atoms with Gasteiger partial charge in [-0.1, -0.05) is 60.7 Å². The Kier molecular flexibility index (Phi) is 10.7. The smallest absolute Gasteiger partial charge is 0.328 e. The minimum Gasteiger partial charge on any atom is -0.464 e. The fraction of sp³-hybridized carbons (Fsp3) is 0.423. The highest BCUT2D eigenvalue weighted by Crippen LogP contribution is 2.08. The van der Waals surface area contributed by atoms with Crippen LogP contribution in [0.5, 0.6) is 0 Å². The quantitative estimate of drug-likeness (QED) is 0.387. The molecule has 184 valence electrons. The van der Waals surface area contributed by atoms with Gasteiger partial charge in [-0.15, -0.1) is 0 Å². The van der Waals surface area contributed by atoms with Gasteiger partial charge in [-0.05, 0) is 44.7 Å². The molecule has 2 amide bonds. The van der Waals surface area contributed by atoms with Crippen molar-refractivity contribution in [3.05, 3.63) is 71.8 Å². The summed E-state index contributed by atoms with van der Waals surface area (Å²) in [7, 11) is 0. The Bertz CT molecular complexity index is 913. The van der Waals surface area contributed by atoms with Crippen LogP contribution in [0.1, 0.15) is 38.3 Å². The molecular formula is C26H35N3O5. The van der Waals surface area contributed by atoms with Gasteiger partial charge in [-0.2, -0.15) is 0 Å². The number of rotatable bonds is 13. The minimum atomic E-state index is -1.19. The molecule has 2 rings (SSSR count). The summed E-state index contributed by atoms with van der Waals surface area (Å²) in [6, 6.07) is 17.2. The molecule has 0 saturated carbocycles. The van der Waals surface area contributed by atoms with Crippen molar-refractivity contribution in [2.75, 3.05) is 13.2 Å². The van der Waals surface area contributed by atoms with Gasteiger partial charge >= 0.3 is 5.97 Å². The molecule has 0 fully saturated rings. The number of benzene rings is 2. The van der Waals surface area contributed by atoms with Crippen LogP contribution in [0.15, 0.2) is 60.7 Å². The normalized spacial score (nSPS) is 12.9. The van der Waals surface area contributed by atoms with E-state index in [0.717, 1.165) is 11.1 Å². The van der Waals surface area contributed by atoms with E-state index in [2.05, 4.69) is 10.6 Å². The van der Waals surface area contributed by atoms with Crippen LogP contribution >= 0.6 is 0 Å². The average Bonchev–Trinajstić information content (AvgIpc) is 2.81. The van der Waals surface area contributed by atoms with Gasteiger partial charge in [0.05, 0.1) is 25.4 Å². The number of hydrogen-bond acceptors (Lipinski definition) is 6. The van der Waals surface area contributed by atoms with E-state index in [9.17, 15) is 14.4 Å². The van der Waals surface area contributed by atoms with E-state index in [-0.39, 0.29) is 19.8 Å². The number of esters is 1. The first-order chi connectivity index (χ1) is 16.2. The van der Waals surface area contributed by atoms with Crippen molar-refractivity contribution in [3.8, 4) is 0 Å². The van der Waals surface area contributed by atoms with E-state index in [1.807, 2.05) is 60.7 Å². The van der Waals surface area contributed by atoms with E-state index in [4.69, 9.17) is 15.2 Å². The van der Waals surface area contributed by atoms with E-state index in [1.165, 1.54) is 0 Å². The van der Waals surface area contributed by atoms with Gasteiger partial charge in [0.1, 0.15) is 12.1 Å². The Balaban J connectivity index is 2.08. The lowest BCUT2D eigenvalue weighted by Gasteiger charge is -2.25. The van der Waals surface area contributed by atoms with Gasteiger partial charge in [0.25, 0.3) is 0 Å². The molecule has 2 aromatic carbocycles. The maximum absolute atomic E-state index is 13.1. The Morgan fingerprint density at radius 3 is 2.06 bits per heavy atom. The van der Waals surface area contributed by atoms with E-state index in [0.29, 0.717) is 12.8 Å². The lowest BCUT2D eigenvalue weighted by Crippen LogP contribution is -2.58. The highest BCUT2D eigenvalue weighted by Gasteiger charge is 2.31. The lowest BCUT2D eigenvalue weighted by atomic mass is 10.0. The van der Waals surface area contributed by atoms with Gasteiger partial charge < -0.3 is 25.8 Å². The number of nitrogens with two attached hydrogens (primary N) is 1. The largest absolute Gasteiger partial charge is 0.464 e. The highest BCUT2D eigenvalue weighted by atomic mass is 16.5. The molecule has 0 heterocycles. The van der Waals surface area contributed by atoms with Gasteiger partial charge in [-0.25, -0.2) is 4.79 Å². The number of aryl methyl sites for hydroxylation is 1. The summed E-state index contributed by atoms with van der Waals surface area (Å²) in [6.07, 6.45) is 0.921. The molecule has 4 N–H and O–H groups in total. The molecule has 34 heavy (non-hydrogen) atoms. The zero-order valence-electron chi connectivity index (χ0n) is 20.1. The van der Waals surface area contributed by atoms with Crippen molar-refractivity contribution in [2.45, 2.75) is 57.8 Å². The molecule has 0 aliphatic heterocycles. The molecule has 0 saturated heterocycles. The fourth-order valence-electron chi connectivity index (χ4n) is 3.12. The van der Waals surface area contributed by atoms with Crippen LogP contribution in [0.25, 0.3) is 0 Å². The fourth-order valence-corrected chi connectivity index (χ4v) is 3.12. The average molecular weight is 470 g/mol. The van der Waals surface area contributed by atoms with Crippen LogP contribution in [0.4, 0.5) is 0 Å². The Morgan fingerprint density at radius 1 is 0.912 bits per heavy atom. The molecule has 0 bridgehead atoms. The second-order valence-corrected chi connectivity index (χ2v) is 8.59. The molecule has 8 heteroatoms. The number of nitrogens with one attached hydrogen (secondary N) is 2. The summed E-state index contributed by atoms with van der Waals surface area (Å²) >= 11 is 0. The standard InChI is InChI=1S/C26H35N3O5/c1-4-34-24(31)21(16-15-19-11-7-5-8-12-19)28-23(30)22(29-25(32)26(2,3)27)18-33-17-20-13-9-6-10-14-20/h5-14,21-22H,4,15-18,27H2,1-3H3,(H,28,30)(H,29,32)/t21-,22+/m1/s1. The second-order valence-electron chi connectivity index (χ2n) is 8.59. The second kappa shape index (κ2) is 13.5. The molecular weight excluding hydrogens is 434 g/mol. The monoisotopic (exact) mass is 469 g/mol. The van der Waals surface area contributed by atoms with Crippen molar-refractivity contribution >= 4 is 17.8 Å². The van der Waals surface area contributed by atoms with Crippen LogP contribution in [-0.2, 0) is 36.9 Å². The third-order valence-corrected chi connectivity index (χ3v) is 5.06. The molecule has 0 aliphatic rings. The number of ether oxygens (including phenoxy) is 2. The molecule has 8 nitrogen and oxygen atoms in total. The van der Waals surface area contributed by atoms with Crippen molar-refractivity contribution in [2.24, 2.45) is 5.73 Å². The summed E-state index contributed by atoms with van der Waals surface area (Å²) in [5.41, 5.74) is 6.67. The Labute approximate surface area is 201 Å².